The number of rotatable bonds is 5. The summed E-state index contributed by atoms with van der Waals surface area (Å²) in [5, 5.41) is 10.9. The molecule has 0 N–H and O–H groups in total. The van der Waals surface area contributed by atoms with E-state index in [9.17, 15) is 19.7 Å². The van der Waals surface area contributed by atoms with Gasteiger partial charge in [-0.15, -0.1) is 0 Å². The van der Waals surface area contributed by atoms with Crippen LogP contribution in [0.2, 0.25) is 0 Å². The van der Waals surface area contributed by atoms with E-state index in [2.05, 4.69) is 4.74 Å². The first-order valence-electron chi connectivity index (χ1n) is 7.24. The lowest BCUT2D eigenvalue weighted by Gasteiger charge is -2.27. The van der Waals surface area contributed by atoms with Crippen LogP contribution in [0.3, 0.4) is 0 Å². The molecule has 9 heteroatoms. The van der Waals surface area contributed by atoms with Crippen LogP contribution >= 0.6 is 22.6 Å². The second-order valence-electron chi connectivity index (χ2n) is 5.91. The number of hydrogen-bond donors (Lipinski definition) is 0. The first-order valence-corrected chi connectivity index (χ1v) is 8.32. The summed E-state index contributed by atoms with van der Waals surface area (Å²) >= 11 is 1.91. The van der Waals surface area contributed by atoms with Crippen molar-refractivity contribution in [2.45, 2.75) is 26.4 Å². The smallest absolute Gasteiger partial charge is 0.415 e. The fourth-order valence-corrected chi connectivity index (χ4v) is 2.53. The number of hydrogen-bond acceptors (Lipinski definition) is 6. The summed E-state index contributed by atoms with van der Waals surface area (Å²) in [6, 6.07) is 4.13. The number of esters is 1. The monoisotopic (exact) mass is 462 g/mol. The average molecular weight is 462 g/mol. The largest absolute Gasteiger partial charge is 0.466 e. The number of ether oxygens (including phenoxy) is 2. The van der Waals surface area contributed by atoms with Crippen LogP contribution in [0.4, 0.5) is 16.2 Å². The Labute approximate surface area is 159 Å². The third-order valence-corrected chi connectivity index (χ3v) is 3.65. The zero-order valence-corrected chi connectivity index (χ0v) is 16.5. The number of anilines is 1. The molecule has 0 atom stereocenters. The summed E-state index contributed by atoms with van der Waals surface area (Å²) in [6.45, 7) is 5.23. The molecule has 25 heavy (non-hydrogen) atoms. The molecule has 0 saturated heterocycles. The summed E-state index contributed by atoms with van der Waals surface area (Å²) in [6.07, 6.45) is 2.01. The van der Waals surface area contributed by atoms with Crippen molar-refractivity contribution in [2.24, 2.45) is 0 Å². The Kier molecular flexibility index (Phi) is 7.34. The molecule has 1 amide bonds. The number of nitro groups is 1. The van der Waals surface area contributed by atoms with Gasteiger partial charge >= 0.3 is 12.1 Å². The second-order valence-corrected chi connectivity index (χ2v) is 7.07. The van der Waals surface area contributed by atoms with Crippen LogP contribution < -0.4 is 4.90 Å². The van der Waals surface area contributed by atoms with Crippen LogP contribution in [0, 0.1) is 13.7 Å². The maximum Gasteiger partial charge on any atom is 0.415 e. The lowest BCUT2D eigenvalue weighted by atomic mass is 10.2. The number of methoxy groups -OCH3 is 1. The van der Waals surface area contributed by atoms with Crippen molar-refractivity contribution >= 4 is 46.0 Å². The van der Waals surface area contributed by atoms with Crippen LogP contribution in [0.15, 0.2) is 30.4 Å². The van der Waals surface area contributed by atoms with Gasteiger partial charge in [-0.05, 0) is 49.4 Å². The van der Waals surface area contributed by atoms with E-state index in [4.69, 9.17) is 4.74 Å². The van der Waals surface area contributed by atoms with E-state index in [1.807, 2.05) is 22.6 Å². The number of carbonyl (C=O) groups excluding carboxylic acids is 2. The Hall–Kier alpha value is -2.17. The van der Waals surface area contributed by atoms with Gasteiger partial charge in [0.05, 0.1) is 17.7 Å². The highest BCUT2D eigenvalue weighted by atomic mass is 127. The minimum absolute atomic E-state index is 0.0395. The van der Waals surface area contributed by atoms with Crippen LogP contribution in [0.5, 0.6) is 0 Å². The molecule has 1 aromatic rings. The van der Waals surface area contributed by atoms with Crippen molar-refractivity contribution in [3.05, 3.63) is 44.0 Å². The molecule has 0 aliphatic carbocycles. The topological polar surface area (TPSA) is 99.0 Å². The Morgan fingerprint density at radius 2 is 2.00 bits per heavy atom. The molecule has 0 aromatic heterocycles. The number of nitro benzene ring substituents is 1. The van der Waals surface area contributed by atoms with Gasteiger partial charge in [0.1, 0.15) is 5.60 Å². The summed E-state index contributed by atoms with van der Waals surface area (Å²) in [5.41, 5.74) is -0.356. The van der Waals surface area contributed by atoms with Crippen molar-refractivity contribution in [1.82, 2.24) is 0 Å². The van der Waals surface area contributed by atoms with Crippen LogP contribution in [0.1, 0.15) is 20.8 Å². The van der Waals surface area contributed by atoms with Crippen molar-refractivity contribution in [3.63, 3.8) is 0 Å². The molecule has 0 aliphatic heterocycles. The summed E-state index contributed by atoms with van der Waals surface area (Å²) in [4.78, 5) is 35.3. The van der Waals surface area contributed by atoms with E-state index in [1.54, 1.807) is 20.8 Å². The van der Waals surface area contributed by atoms with Crippen molar-refractivity contribution < 1.29 is 24.0 Å². The quantitative estimate of drug-likeness (QED) is 0.218. The SMILES string of the molecule is COC(=O)/C=C/CN(C(=O)OC(C)(C)C)c1ccc([N+](=O)[O-])cc1I. The first-order chi connectivity index (χ1) is 11.5. The van der Waals surface area contributed by atoms with Crippen molar-refractivity contribution in [3.8, 4) is 0 Å². The van der Waals surface area contributed by atoms with Gasteiger partial charge in [-0.2, -0.15) is 0 Å². The lowest BCUT2D eigenvalue weighted by molar-refractivity contribution is -0.384. The summed E-state index contributed by atoms with van der Waals surface area (Å²) in [5.74, 6) is -0.553. The van der Waals surface area contributed by atoms with Crippen LogP contribution in [0.25, 0.3) is 0 Å². The highest BCUT2D eigenvalue weighted by molar-refractivity contribution is 14.1. The van der Waals surface area contributed by atoms with Gasteiger partial charge in [-0.1, -0.05) is 6.08 Å². The Bertz CT molecular complexity index is 696. The minimum Gasteiger partial charge on any atom is -0.466 e. The van der Waals surface area contributed by atoms with Gasteiger partial charge in [0.15, 0.2) is 0 Å². The fraction of sp³-hybridized carbons (Fsp3) is 0.375. The maximum absolute atomic E-state index is 12.5. The number of carbonyl (C=O) groups is 2. The fourth-order valence-electron chi connectivity index (χ4n) is 1.74. The van der Waals surface area contributed by atoms with Crippen LogP contribution in [-0.4, -0.2) is 36.2 Å². The molecular formula is C16H19IN2O6. The van der Waals surface area contributed by atoms with E-state index in [0.717, 1.165) is 0 Å². The van der Waals surface area contributed by atoms with Gasteiger partial charge in [0.25, 0.3) is 5.69 Å². The molecule has 0 radical (unpaired) electrons. The molecule has 0 aliphatic rings. The number of halogens is 1. The van der Waals surface area contributed by atoms with E-state index in [0.29, 0.717) is 9.26 Å². The highest BCUT2D eigenvalue weighted by Gasteiger charge is 2.25. The lowest BCUT2D eigenvalue weighted by Crippen LogP contribution is -2.37. The van der Waals surface area contributed by atoms with Gasteiger partial charge in [-0.3, -0.25) is 15.0 Å². The van der Waals surface area contributed by atoms with Gasteiger partial charge in [0.2, 0.25) is 0 Å². The molecule has 0 fully saturated rings. The molecule has 136 valence electrons. The molecule has 0 bridgehead atoms. The number of benzene rings is 1. The minimum atomic E-state index is -0.715. The van der Waals surface area contributed by atoms with Gasteiger partial charge in [-0.25, -0.2) is 9.59 Å². The molecule has 0 saturated carbocycles. The van der Waals surface area contributed by atoms with E-state index in [1.165, 1.54) is 42.4 Å². The maximum atomic E-state index is 12.5. The van der Waals surface area contributed by atoms with E-state index in [-0.39, 0.29) is 12.2 Å². The van der Waals surface area contributed by atoms with E-state index < -0.39 is 22.6 Å². The predicted molar refractivity (Wildman–Crippen MR) is 101 cm³/mol. The van der Waals surface area contributed by atoms with Crippen LogP contribution in [-0.2, 0) is 14.3 Å². The molecule has 1 aromatic carbocycles. The first kappa shape index (κ1) is 20.9. The Morgan fingerprint density at radius 1 is 1.36 bits per heavy atom. The van der Waals surface area contributed by atoms with Gasteiger partial charge < -0.3 is 9.47 Å². The molecule has 8 nitrogen and oxygen atoms in total. The summed E-state index contributed by atoms with van der Waals surface area (Å²) < 4.78 is 10.4. The normalized spacial score (nSPS) is 11.2. The Balaban J connectivity index is 3.17. The Morgan fingerprint density at radius 3 is 2.48 bits per heavy atom. The number of nitrogens with zero attached hydrogens (tertiary/aromatic N) is 2. The molecule has 0 spiro atoms. The van der Waals surface area contributed by atoms with E-state index >= 15 is 0 Å². The average Bonchev–Trinajstić information content (AvgIpc) is 2.49. The predicted octanol–water partition coefficient (Wildman–Crippen LogP) is 3.67. The molecule has 0 unspecified atom stereocenters. The number of non-ortho nitro benzene ring substituents is 1. The molecule has 0 heterocycles. The standard InChI is InChI=1S/C16H19IN2O6/c1-16(2,3)25-15(21)18(9-5-6-14(20)24-4)13-8-7-11(19(22)23)10-12(13)17/h5-8,10H,9H2,1-4H3/b6-5+. The van der Waals surface area contributed by atoms with Crippen molar-refractivity contribution in [1.29, 1.82) is 0 Å². The zero-order chi connectivity index (χ0) is 19.2. The molecular weight excluding hydrogens is 443 g/mol. The zero-order valence-electron chi connectivity index (χ0n) is 14.3. The van der Waals surface area contributed by atoms with Gasteiger partial charge in [0, 0.05) is 28.3 Å². The third kappa shape index (κ3) is 6.69. The van der Waals surface area contributed by atoms with Crippen molar-refractivity contribution in [2.75, 3.05) is 18.6 Å². The molecule has 1 rings (SSSR count). The second kappa shape index (κ2) is 8.79. The highest BCUT2D eigenvalue weighted by Crippen LogP contribution is 2.28. The third-order valence-electron chi connectivity index (χ3n) is 2.79. The number of amides is 1. The summed E-state index contributed by atoms with van der Waals surface area (Å²) in [7, 11) is 1.25.